The largest absolute Gasteiger partial charge is 0.486 e. The lowest BCUT2D eigenvalue weighted by molar-refractivity contribution is 0.0889. The van der Waals surface area contributed by atoms with Crippen LogP contribution < -0.4 is 15.0 Å². The van der Waals surface area contributed by atoms with E-state index in [0.717, 1.165) is 49.9 Å². The molecule has 10 nitrogen and oxygen atoms in total. The Morgan fingerprint density at radius 3 is 2.76 bits per heavy atom. The maximum atomic E-state index is 13.5. The lowest BCUT2D eigenvalue weighted by Crippen LogP contribution is -2.41. The van der Waals surface area contributed by atoms with Crippen molar-refractivity contribution in [2.75, 3.05) is 32.9 Å². The van der Waals surface area contributed by atoms with Crippen LogP contribution in [-0.4, -0.2) is 69.1 Å². The Bertz CT molecular complexity index is 1230. The fourth-order valence-corrected chi connectivity index (χ4v) is 5.44. The number of nitrogens with zero attached hydrogens (tertiary/aromatic N) is 5. The van der Waals surface area contributed by atoms with Crippen LogP contribution in [0.15, 0.2) is 23.0 Å². The molecule has 2 saturated heterocycles. The molecule has 2 aromatic heterocycles. The fourth-order valence-electron chi connectivity index (χ4n) is 5.44. The highest BCUT2D eigenvalue weighted by molar-refractivity contribution is 5.83. The van der Waals surface area contributed by atoms with Crippen molar-refractivity contribution in [3.63, 3.8) is 0 Å². The van der Waals surface area contributed by atoms with Crippen molar-refractivity contribution in [3.8, 4) is 11.5 Å². The Hall–Kier alpha value is -2.98. The van der Waals surface area contributed by atoms with Crippen molar-refractivity contribution in [1.29, 1.82) is 0 Å². The molecule has 180 valence electrons. The number of ether oxygens (including phenoxy) is 3. The number of hydrogen-bond donors (Lipinski definition) is 1. The van der Waals surface area contributed by atoms with Crippen molar-refractivity contribution in [1.82, 2.24) is 30.1 Å². The molecule has 34 heavy (non-hydrogen) atoms. The second-order valence-corrected chi connectivity index (χ2v) is 9.64. The number of tetrazole rings is 1. The number of nitrogens with one attached hydrogen (secondary N) is 1. The van der Waals surface area contributed by atoms with Crippen LogP contribution in [0.1, 0.15) is 50.0 Å². The van der Waals surface area contributed by atoms with Crippen LogP contribution in [0.4, 0.5) is 0 Å². The molecule has 0 radical (unpaired) electrons. The number of pyridine rings is 1. The number of aromatic amines is 1. The summed E-state index contributed by atoms with van der Waals surface area (Å²) < 4.78 is 19.1. The van der Waals surface area contributed by atoms with Gasteiger partial charge in [0.1, 0.15) is 19.3 Å². The average Bonchev–Trinajstić information content (AvgIpc) is 3.51. The molecule has 3 aromatic rings. The summed E-state index contributed by atoms with van der Waals surface area (Å²) in [6, 6.07) is 5.39. The minimum atomic E-state index is -0.347. The third kappa shape index (κ3) is 4.05. The van der Waals surface area contributed by atoms with E-state index in [1.54, 1.807) is 0 Å². The molecule has 3 atom stereocenters. The van der Waals surface area contributed by atoms with E-state index in [4.69, 9.17) is 14.2 Å². The molecular formula is C24H30N6O4. The number of likely N-dealkylation sites (tertiary alicyclic amines) is 1. The standard InChI is InChI=1S/C24H30N6O4/c1-15-4-2-6-29(13-15)22(23-26-27-28-30(23)14-17-5-3-7-32-17)18-10-16-11-20-21(34-9-8-33-20)12-19(16)25-24(18)31/h10-12,15,17,22H,2-9,13-14H2,1H3,(H,25,31)/t15-,17-,22-/m1/s1. The van der Waals surface area contributed by atoms with Gasteiger partial charge in [-0.05, 0) is 60.7 Å². The molecule has 1 aromatic carbocycles. The molecule has 0 aliphatic carbocycles. The van der Waals surface area contributed by atoms with Gasteiger partial charge in [0.15, 0.2) is 17.3 Å². The second-order valence-electron chi connectivity index (χ2n) is 9.64. The summed E-state index contributed by atoms with van der Waals surface area (Å²) in [5.74, 6) is 2.58. The van der Waals surface area contributed by atoms with E-state index in [9.17, 15) is 4.79 Å². The first-order valence-electron chi connectivity index (χ1n) is 12.2. The molecule has 0 amide bonds. The van der Waals surface area contributed by atoms with Crippen LogP contribution in [0.2, 0.25) is 0 Å². The van der Waals surface area contributed by atoms with Crippen LogP contribution in [0.5, 0.6) is 11.5 Å². The third-order valence-corrected chi connectivity index (χ3v) is 7.09. The lowest BCUT2D eigenvalue weighted by atomic mass is 9.95. The van der Waals surface area contributed by atoms with Gasteiger partial charge in [0.2, 0.25) is 0 Å². The van der Waals surface area contributed by atoms with Gasteiger partial charge in [-0.1, -0.05) is 6.92 Å². The lowest BCUT2D eigenvalue weighted by Gasteiger charge is -2.36. The number of benzene rings is 1. The highest BCUT2D eigenvalue weighted by atomic mass is 16.6. The van der Waals surface area contributed by atoms with Crippen LogP contribution in [0.25, 0.3) is 10.9 Å². The Morgan fingerprint density at radius 2 is 1.97 bits per heavy atom. The van der Waals surface area contributed by atoms with Gasteiger partial charge in [0.05, 0.1) is 18.2 Å². The first-order chi connectivity index (χ1) is 16.7. The normalized spacial score (nSPS) is 23.9. The average molecular weight is 467 g/mol. The number of H-pyrrole nitrogens is 1. The first kappa shape index (κ1) is 21.5. The molecule has 3 aliphatic heterocycles. The predicted molar refractivity (Wildman–Crippen MR) is 124 cm³/mol. The molecule has 6 rings (SSSR count). The van der Waals surface area contributed by atoms with Crippen LogP contribution >= 0.6 is 0 Å². The van der Waals surface area contributed by atoms with Crippen molar-refractivity contribution in [2.45, 2.75) is 51.3 Å². The predicted octanol–water partition coefficient (Wildman–Crippen LogP) is 2.29. The van der Waals surface area contributed by atoms with Crippen molar-refractivity contribution in [3.05, 3.63) is 39.9 Å². The maximum absolute atomic E-state index is 13.5. The molecule has 0 bridgehead atoms. The zero-order valence-corrected chi connectivity index (χ0v) is 19.4. The first-order valence-corrected chi connectivity index (χ1v) is 12.2. The van der Waals surface area contributed by atoms with Gasteiger partial charge in [0.25, 0.3) is 5.56 Å². The van der Waals surface area contributed by atoms with E-state index in [0.29, 0.717) is 48.6 Å². The SMILES string of the molecule is C[C@@H]1CCCN([C@H](c2cc3cc4c(cc3[nH]c2=O)OCCO4)c2nnnn2C[C@H]2CCCO2)C1. The quantitative estimate of drug-likeness (QED) is 0.610. The summed E-state index contributed by atoms with van der Waals surface area (Å²) in [6.07, 6.45) is 4.41. The number of rotatable bonds is 5. The smallest absolute Gasteiger partial charge is 0.253 e. The molecule has 2 fully saturated rings. The van der Waals surface area contributed by atoms with Gasteiger partial charge in [-0.25, -0.2) is 4.68 Å². The Kier molecular flexibility index (Phi) is 5.70. The molecule has 5 heterocycles. The van der Waals surface area contributed by atoms with Crippen molar-refractivity contribution in [2.24, 2.45) is 5.92 Å². The van der Waals surface area contributed by atoms with Gasteiger partial charge in [-0.3, -0.25) is 9.69 Å². The van der Waals surface area contributed by atoms with E-state index < -0.39 is 0 Å². The van der Waals surface area contributed by atoms with Gasteiger partial charge < -0.3 is 19.2 Å². The van der Waals surface area contributed by atoms with E-state index in [1.165, 1.54) is 6.42 Å². The Labute approximate surface area is 197 Å². The van der Waals surface area contributed by atoms with Crippen LogP contribution in [-0.2, 0) is 11.3 Å². The maximum Gasteiger partial charge on any atom is 0.253 e. The third-order valence-electron chi connectivity index (χ3n) is 7.09. The summed E-state index contributed by atoms with van der Waals surface area (Å²) in [5.41, 5.74) is 1.23. The van der Waals surface area contributed by atoms with Gasteiger partial charge >= 0.3 is 0 Å². The molecule has 10 heteroatoms. The number of hydrogen-bond acceptors (Lipinski definition) is 8. The summed E-state index contributed by atoms with van der Waals surface area (Å²) >= 11 is 0. The van der Waals surface area contributed by atoms with E-state index >= 15 is 0 Å². The monoisotopic (exact) mass is 466 g/mol. The number of fused-ring (bicyclic) bond motifs is 2. The van der Waals surface area contributed by atoms with Crippen LogP contribution in [0, 0.1) is 5.92 Å². The molecule has 3 aliphatic rings. The minimum Gasteiger partial charge on any atom is -0.486 e. The molecule has 0 saturated carbocycles. The van der Waals surface area contributed by atoms with Crippen LogP contribution in [0.3, 0.4) is 0 Å². The molecule has 1 N–H and O–H groups in total. The second kappa shape index (κ2) is 8.99. The Morgan fingerprint density at radius 1 is 1.12 bits per heavy atom. The highest BCUT2D eigenvalue weighted by Crippen LogP contribution is 2.36. The highest BCUT2D eigenvalue weighted by Gasteiger charge is 2.33. The van der Waals surface area contributed by atoms with Crippen molar-refractivity contribution < 1.29 is 14.2 Å². The van der Waals surface area contributed by atoms with Gasteiger partial charge in [0, 0.05) is 30.2 Å². The summed E-state index contributed by atoms with van der Waals surface area (Å²) in [6.45, 7) is 6.41. The summed E-state index contributed by atoms with van der Waals surface area (Å²) in [5, 5.41) is 13.6. The van der Waals surface area contributed by atoms with Crippen molar-refractivity contribution >= 4 is 10.9 Å². The minimum absolute atomic E-state index is 0.0988. The van der Waals surface area contributed by atoms with Gasteiger partial charge in [-0.15, -0.1) is 5.10 Å². The fraction of sp³-hybridized carbons (Fsp3) is 0.583. The topological polar surface area (TPSA) is 107 Å². The zero-order valence-electron chi connectivity index (χ0n) is 19.4. The number of piperidine rings is 1. The van der Waals surface area contributed by atoms with E-state index in [2.05, 4.69) is 32.3 Å². The van der Waals surface area contributed by atoms with Gasteiger partial charge in [-0.2, -0.15) is 0 Å². The zero-order chi connectivity index (χ0) is 23.1. The van der Waals surface area contributed by atoms with E-state index in [-0.39, 0.29) is 17.7 Å². The summed E-state index contributed by atoms with van der Waals surface area (Å²) in [4.78, 5) is 18.9. The Balaban J connectivity index is 1.45. The van der Waals surface area contributed by atoms with E-state index in [1.807, 2.05) is 22.9 Å². The number of aromatic nitrogens is 5. The summed E-state index contributed by atoms with van der Waals surface area (Å²) in [7, 11) is 0. The molecule has 0 spiro atoms. The molecule has 0 unspecified atom stereocenters. The molecular weight excluding hydrogens is 436 g/mol.